The van der Waals surface area contributed by atoms with Crippen molar-refractivity contribution < 1.29 is 4.79 Å². The van der Waals surface area contributed by atoms with E-state index in [1.807, 2.05) is 30.8 Å². The molecule has 0 amide bonds. The number of nitrogens with zero attached hydrogens (tertiary/aromatic N) is 2. The third kappa shape index (κ3) is 1.17. The first-order valence-electron chi connectivity index (χ1n) is 6.27. The van der Waals surface area contributed by atoms with Crippen molar-refractivity contribution in [2.24, 2.45) is 7.05 Å². The van der Waals surface area contributed by atoms with E-state index in [0.29, 0.717) is 0 Å². The van der Waals surface area contributed by atoms with Gasteiger partial charge in [0.15, 0.2) is 6.29 Å². The molecular formula is C16H12N2O. The molecule has 0 fully saturated rings. The van der Waals surface area contributed by atoms with Crippen LogP contribution in [0.15, 0.2) is 30.3 Å². The molecule has 0 aliphatic heterocycles. The van der Waals surface area contributed by atoms with E-state index in [-0.39, 0.29) is 0 Å². The van der Waals surface area contributed by atoms with Gasteiger partial charge in [0, 0.05) is 23.4 Å². The Morgan fingerprint density at radius 3 is 2.68 bits per heavy atom. The number of aryl methyl sites for hydroxylation is 2. The highest BCUT2D eigenvalue weighted by Gasteiger charge is 2.15. The molecule has 0 radical (unpaired) electrons. The largest absolute Gasteiger partial charge is 0.298 e. The Labute approximate surface area is 109 Å². The van der Waals surface area contributed by atoms with E-state index in [2.05, 4.69) is 23.3 Å². The van der Waals surface area contributed by atoms with Crippen molar-refractivity contribution in [2.75, 3.05) is 0 Å². The number of carbonyl (C=O) groups excluding carboxylic acids is 1. The number of hydrogen-bond acceptors (Lipinski definition) is 2. The highest BCUT2D eigenvalue weighted by atomic mass is 16.1. The Morgan fingerprint density at radius 2 is 1.89 bits per heavy atom. The van der Waals surface area contributed by atoms with Gasteiger partial charge < -0.3 is 0 Å². The van der Waals surface area contributed by atoms with Crippen molar-refractivity contribution in [2.45, 2.75) is 6.92 Å². The van der Waals surface area contributed by atoms with Crippen LogP contribution < -0.4 is 0 Å². The maximum atomic E-state index is 11.2. The molecule has 0 unspecified atom stereocenters. The zero-order valence-corrected chi connectivity index (χ0v) is 10.8. The van der Waals surface area contributed by atoms with Crippen LogP contribution in [0.1, 0.15) is 16.1 Å². The van der Waals surface area contributed by atoms with Gasteiger partial charge in [0.05, 0.1) is 11.2 Å². The fraction of sp³-hybridized carbons (Fsp3) is 0.125. The maximum absolute atomic E-state index is 11.2. The Hall–Kier alpha value is -2.42. The van der Waals surface area contributed by atoms with Crippen LogP contribution in [0, 0.1) is 6.92 Å². The molecule has 0 aliphatic rings. The van der Waals surface area contributed by atoms with Gasteiger partial charge in [-0.1, -0.05) is 18.2 Å². The molecule has 3 aromatic carbocycles. The maximum Gasteiger partial charge on any atom is 0.150 e. The number of hydrogen-bond donors (Lipinski definition) is 0. The third-order valence-corrected chi connectivity index (χ3v) is 3.96. The van der Waals surface area contributed by atoms with E-state index in [4.69, 9.17) is 0 Å². The smallest absolute Gasteiger partial charge is 0.150 e. The van der Waals surface area contributed by atoms with Crippen molar-refractivity contribution >= 4 is 38.7 Å². The second-order valence-electron chi connectivity index (χ2n) is 5.01. The van der Waals surface area contributed by atoms with Gasteiger partial charge in [-0.25, -0.2) is 0 Å². The summed E-state index contributed by atoms with van der Waals surface area (Å²) >= 11 is 0. The summed E-state index contributed by atoms with van der Waals surface area (Å²) in [6, 6.07) is 10.2. The molecule has 4 aromatic rings. The second-order valence-corrected chi connectivity index (χ2v) is 5.01. The summed E-state index contributed by atoms with van der Waals surface area (Å²) in [4.78, 5) is 11.2. The van der Waals surface area contributed by atoms with Crippen molar-refractivity contribution in [1.82, 2.24) is 9.78 Å². The van der Waals surface area contributed by atoms with Crippen LogP contribution in [-0.4, -0.2) is 16.1 Å². The van der Waals surface area contributed by atoms with Gasteiger partial charge in [0.25, 0.3) is 0 Å². The molecule has 4 rings (SSSR count). The van der Waals surface area contributed by atoms with Gasteiger partial charge in [-0.2, -0.15) is 5.10 Å². The highest BCUT2D eigenvalue weighted by molar-refractivity contribution is 6.26. The lowest BCUT2D eigenvalue weighted by Crippen LogP contribution is -2.02. The van der Waals surface area contributed by atoms with Crippen LogP contribution in [0.2, 0.25) is 0 Å². The van der Waals surface area contributed by atoms with Crippen LogP contribution in [-0.2, 0) is 7.05 Å². The molecular weight excluding hydrogens is 236 g/mol. The van der Waals surface area contributed by atoms with Crippen LogP contribution in [0.5, 0.6) is 0 Å². The molecule has 19 heavy (non-hydrogen) atoms. The summed E-state index contributed by atoms with van der Waals surface area (Å²) in [6.45, 7) is 2.02. The average Bonchev–Trinajstić information content (AvgIpc) is 2.78. The topological polar surface area (TPSA) is 34.9 Å². The molecule has 0 N–H and O–H groups in total. The number of rotatable bonds is 1. The number of carbonyl (C=O) groups is 1. The summed E-state index contributed by atoms with van der Waals surface area (Å²) < 4.78 is 1.91. The van der Waals surface area contributed by atoms with Crippen molar-refractivity contribution in [3.05, 3.63) is 41.6 Å². The summed E-state index contributed by atoms with van der Waals surface area (Å²) in [6.07, 6.45) is 0.935. The number of benzene rings is 2. The fourth-order valence-corrected chi connectivity index (χ4v) is 3.11. The Morgan fingerprint density at radius 1 is 1.11 bits per heavy atom. The van der Waals surface area contributed by atoms with E-state index in [9.17, 15) is 4.79 Å². The SMILES string of the molecule is Cc1nn(C)c2ccc3cc(C=O)c4ccc1c2c34. The summed E-state index contributed by atoms with van der Waals surface area (Å²) in [7, 11) is 1.96. The van der Waals surface area contributed by atoms with E-state index in [0.717, 1.165) is 39.2 Å². The third-order valence-electron chi connectivity index (χ3n) is 3.96. The van der Waals surface area contributed by atoms with Crippen LogP contribution in [0.25, 0.3) is 32.4 Å². The normalized spacial score (nSPS) is 11.9. The lowest BCUT2D eigenvalue weighted by molar-refractivity contribution is 0.112. The number of aldehydes is 1. The minimum absolute atomic E-state index is 0.765. The molecule has 0 atom stereocenters. The van der Waals surface area contributed by atoms with Gasteiger partial charge in [0.1, 0.15) is 0 Å². The summed E-state index contributed by atoms with van der Waals surface area (Å²) in [5.41, 5.74) is 2.88. The quantitative estimate of drug-likeness (QED) is 0.484. The fourth-order valence-electron chi connectivity index (χ4n) is 3.11. The molecule has 1 heterocycles. The predicted octanol–water partition coefficient (Wildman–Crippen LogP) is 3.44. The van der Waals surface area contributed by atoms with Gasteiger partial charge >= 0.3 is 0 Å². The van der Waals surface area contributed by atoms with Crippen LogP contribution in [0.4, 0.5) is 0 Å². The zero-order valence-electron chi connectivity index (χ0n) is 10.8. The van der Waals surface area contributed by atoms with Gasteiger partial charge in [0.2, 0.25) is 0 Å². The van der Waals surface area contributed by atoms with Crippen molar-refractivity contribution in [3.63, 3.8) is 0 Å². The summed E-state index contributed by atoms with van der Waals surface area (Å²) in [5, 5.41) is 10.2. The first-order chi connectivity index (χ1) is 9.20. The first kappa shape index (κ1) is 10.5. The van der Waals surface area contributed by atoms with E-state index >= 15 is 0 Å². The molecule has 3 nitrogen and oxygen atoms in total. The lowest BCUT2D eigenvalue weighted by Gasteiger charge is -2.12. The Kier molecular flexibility index (Phi) is 1.83. The van der Waals surface area contributed by atoms with Crippen LogP contribution >= 0.6 is 0 Å². The van der Waals surface area contributed by atoms with E-state index < -0.39 is 0 Å². The van der Waals surface area contributed by atoms with Crippen LogP contribution in [0.3, 0.4) is 0 Å². The van der Waals surface area contributed by atoms with E-state index in [1.54, 1.807) is 0 Å². The molecule has 1 aromatic heterocycles. The molecule has 0 spiro atoms. The minimum Gasteiger partial charge on any atom is -0.298 e. The zero-order chi connectivity index (χ0) is 13.1. The molecule has 92 valence electrons. The molecule has 0 saturated carbocycles. The Balaban J connectivity index is 2.43. The highest BCUT2D eigenvalue weighted by Crippen LogP contribution is 2.37. The first-order valence-corrected chi connectivity index (χ1v) is 6.27. The van der Waals surface area contributed by atoms with Gasteiger partial charge in [-0.05, 0) is 35.2 Å². The predicted molar refractivity (Wildman–Crippen MR) is 77.0 cm³/mol. The number of aromatic nitrogens is 2. The van der Waals surface area contributed by atoms with Gasteiger partial charge in [-0.15, -0.1) is 0 Å². The van der Waals surface area contributed by atoms with E-state index in [1.165, 1.54) is 10.8 Å². The Bertz CT molecular complexity index is 928. The molecule has 0 bridgehead atoms. The molecule has 0 saturated heterocycles. The van der Waals surface area contributed by atoms with Gasteiger partial charge in [-0.3, -0.25) is 9.48 Å². The van der Waals surface area contributed by atoms with Crippen molar-refractivity contribution in [1.29, 1.82) is 0 Å². The van der Waals surface area contributed by atoms with Crippen molar-refractivity contribution in [3.8, 4) is 0 Å². The lowest BCUT2D eigenvalue weighted by atomic mass is 10.0. The monoisotopic (exact) mass is 248 g/mol. The minimum atomic E-state index is 0.765. The standard InChI is InChI=1S/C16H12N2O/c1-9-12-4-5-13-11(8-19)7-10-3-6-14(18(2)17-9)16(12)15(10)13/h3-8H,1-2H3. The average molecular weight is 248 g/mol. The molecule has 0 aliphatic carbocycles. The molecule has 3 heteroatoms. The summed E-state index contributed by atoms with van der Waals surface area (Å²) in [5.74, 6) is 0. The second kappa shape index (κ2) is 3.32.